The van der Waals surface area contributed by atoms with Gasteiger partial charge in [0.05, 0.1) is 40.5 Å². The molecule has 0 unspecified atom stereocenters. The zero-order valence-electron chi connectivity index (χ0n) is 20.9. The third-order valence-electron chi connectivity index (χ3n) is 5.89. The van der Waals surface area contributed by atoms with Crippen LogP contribution in [0.25, 0.3) is 0 Å². The summed E-state index contributed by atoms with van der Waals surface area (Å²) in [5.74, 6) is 2.20. The van der Waals surface area contributed by atoms with Crippen molar-refractivity contribution in [3.8, 4) is 23.0 Å². The predicted molar refractivity (Wildman–Crippen MR) is 137 cm³/mol. The summed E-state index contributed by atoms with van der Waals surface area (Å²) >= 11 is 0. The molecule has 0 radical (unpaired) electrons. The summed E-state index contributed by atoms with van der Waals surface area (Å²) in [6.07, 6.45) is 1.63. The zero-order chi connectivity index (χ0) is 24.7. The molecule has 0 aliphatic carbocycles. The number of likely N-dealkylation sites (N-methyl/N-ethyl adjacent to an activating group) is 1. The van der Waals surface area contributed by atoms with Gasteiger partial charge in [0.15, 0.2) is 23.0 Å². The van der Waals surface area contributed by atoms with E-state index in [1.165, 1.54) is 19.1 Å². The van der Waals surface area contributed by atoms with Gasteiger partial charge < -0.3 is 29.2 Å². The number of ether oxygens (including phenoxy) is 4. The summed E-state index contributed by atoms with van der Waals surface area (Å²) in [5, 5.41) is 2.83. The van der Waals surface area contributed by atoms with E-state index in [4.69, 9.17) is 18.9 Å². The molecular formula is C25H34ClN3O6. The Hall–Kier alpha value is -3.17. The third kappa shape index (κ3) is 6.93. The molecule has 10 heteroatoms. The first-order chi connectivity index (χ1) is 16.4. The second-order valence-corrected chi connectivity index (χ2v) is 8.11. The standard InChI is InChI=1S/C25H33N3O6.ClH/c1-27(12-9-17-7-8-20(31-2)21(13-17)32-3)10-6-11-28-24(29)15-18-14-22(33-4)23(34-5)16-19(18)26-25(28)30;/h7-8,13-14,16H,6,9-12,15H2,1-5H3,(H,26,30);1H. The topological polar surface area (TPSA) is 89.6 Å². The first-order valence-corrected chi connectivity index (χ1v) is 11.2. The van der Waals surface area contributed by atoms with Gasteiger partial charge in [0.1, 0.15) is 0 Å². The maximum absolute atomic E-state index is 12.8. The van der Waals surface area contributed by atoms with Crippen LogP contribution in [0.2, 0.25) is 0 Å². The smallest absolute Gasteiger partial charge is 0.328 e. The Morgan fingerprint density at radius 2 is 1.51 bits per heavy atom. The molecule has 1 aliphatic heterocycles. The predicted octanol–water partition coefficient (Wildman–Crippen LogP) is 3.62. The number of fused-ring (bicyclic) bond motifs is 1. The van der Waals surface area contributed by atoms with Crippen molar-refractivity contribution in [3.05, 3.63) is 41.5 Å². The average Bonchev–Trinajstić information content (AvgIpc) is 2.96. The van der Waals surface area contributed by atoms with Gasteiger partial charge in [-0.1, -0.05) is 6.07 Å². The summed E-state index contributed by atoms with van der Waals surface area (Å²) in [7, 11) is 8.34. The van der Waals surface area contributed by atoms with Gasteiger partial charge >= 0.3 is 6.03 Å². The molecule has 1 aliphatic rings. The summed E-state index contributed by atoms with van der Waals surface area (Å²) in [6, 6.07) is 8.90. The van der Waals surface area contributed by atoms with Crippen molar-refractivity contribution in [2.75, 3.05) is 60.4 Å². The van der Waals surface area contributed by atoms with E-state index >= 15 is 0 Å². The van der Waals surface area contributed by atoms with Crippen LogP contribution in [0.4, 0.5) is 10.5 Å². The molecule has 0 spiro atoms. The van der Waals surface area contributed by atoms with Gasteiger partial charge in [0.25, 0.3) is 0 Å². The van der Waals surface area contributed by atoms with Gasteiger partial charge in [-0.3, -0.25) is 9.69 Å². The Morgan fingerprint density at radius 1 is 0.886 bits per heavy atom. The number of nitrogens with one attached hydrogen (secondary N) is 1. The van der Waals surface area contributed by atoms with E-state index < -0.39 is 6.03 Å². The summed E-state index contributed by atoms with van der Waals surface area (Å²) in [4.78, 5) is 29.0. The normalized spacial score (nSPS) is 12.9. The first-order valence-electron chi connectivity index (χ1n) is 11.2. The largest absolute Gasteiger partial charge is 0.493 e. The Morgan fingerprint density at radius 3 is 2.17 bits per heavy atom. The van der Waals surface area contributed by atoms with E-state index in [0.29, 0.717) is 47.2 Å². The van der Waals surface area contributed by atoms with E-state index in [0.717, 1.165) is 25.1 Å². The van der Waals surface area contributed by atoms with Crippen molar-refractivity contribution in [1.82, 2.24) is 9.80 Å². The zero-order valence-corrected chi connectivity index (χ0v) is 21.7. The van der Waals surface area contributed by atoms with Crippen molar-refractivity contribution in [3.63, 3.8) is 0 Å². The lowest BCUT2D eigenvalue weighted by Gasteiger charge is -2.21. The lowest BCUT2D eigenvalue weighted by atomic mass is 10.1. The quantitative estimate of drug-likeness (QED) is 0.496. The SMILES string of the molecule is COc1ccc(CCN(C)CCCN2C(=O)Cc3cc(OC)c(OC)cc3NC2=O)cc1OC.Cl. The van der Waals surface area contributed by atoms with Crippen LogP contribution < -0.4 is 24.3 Å². The van der Waals surface area contributed by atoms with E-state index in [2.05, 4.69) is 10.2 Å². The molecule has 0 saturated heterocycles. The molecular weight excluding hydrogens is 474 g/mol. The first kappa shape index (κ1) is 28.1. The van der Waals surface area contributed by atoms with Gasteiger partial charge in [0.2, 0.25) is 5.91 Å². The fourth-order valence-corrected chi connectivity index (χ4v) is 3.93. The van der Waals surface area contributed by atoms with E-state index in [1.807, 2.05) is 25.2 Å². The molecule has 35 heavy (non-hydrogen) atoms. The number of amides is 3. The average molecular weight is 508 g/mol. The summed E-state index contributed by atoms with van der Waals surface area (Å²) in [5.41, 5.74) is 2.41. The molecule has 0 aromatic heterocycles. The molecule has 9 nitrogen and oxygen atoms in total. The number of nitrogens with zero attached hydrogens (tertiary/aromatic N) is 2. The van der Waals surface area contributed by atoms with Crippen molar-refractivity contribution in [2.24, 2.45) is 0 Å². The highest BCUT2D eigenvalue weighted by molar-refractivity contribution is 6.05. The number of carbonyl (C=O) groups is 2. The van der Waals surface area contributed by atoms with Gasteiger partial charge in [-0.15, -0.1) is 12.4 Å². The Balaban J connectivity index is 0.00000432. The van der Waals surface area contributed by atoms with Crippen LogP contribution in [0.15, 0.2) is 30.3 Å². The number of methoxy groups -OCH3 is 4. The van der Waals surface area contributed by atoms with Crippen LogP contribution in [0.1, 0.15) is 17.5 Å². The molecule has 0 fully saturated rings. The maximum Gasteiger partial charge on any atom is 0.328 e. The molecule has 0 bridgehead atoms. The summed E-state index contributed by atoms with van der Waals surface area (Å²) < 4.78 is 21.3. The number of anilines is 1. The number of hydrogen-bond donors (Lipinski definition) is 1. The van der Waals surface area contributed by atoms with Crippen LogP contribution in [-0.2, 0) is 17.6 Å². The van der Waals surface area contributed by atoms with E-state index in [-0.39, 0.29) is 24.7 Å². The minimum absolute atomic E-state index is 0. The molecule has 0 saturated carbocycles. The second kappa shape index (κ2) is 13.1. The summed E-state index contributed by atoms with van der Waals surface area (Å²) in [6.45, 7) is 1.92. The number of benzene rings is 2. The molecule has 2 aromatic carbocycles. The Kier molecular flexibility index (Phi) is 10.5. The van der Waals surface area contributed by atoms with Gasteiger partial charge in [-0.25, -0.2) is 4.79 Å². The Labute approximate surface area is 212 Å². The maximum atomic E-state index is 12.8. The minimum Gasteiger partial charge on any atom is -0.493 e. The third-order valence-corrected chi connectivity index (χ3v) is 5.89. The van der Waals surface area contributed by atoms with E-state index in [9.17, 15) is 9.59 Å². The highest BCUT2D eigenvalue weighted by atomic mass is 35.5. The van der Waals surface area contributed by atoms with Crippen molar-refractivity contribution < 1.29 is 28.5 Å². The van der Waals surface area contributed by atoms with E-state index in [1.54, 1.807) is 26.4 Å². The molecule has 1 heterocycles. The van der Waals surface area contributed by atoms with Gasteiger partial charge in [0, 0.05) is 19.2 Å². The minimum atomic E-state index is -0.427. The number of carbonyl (C=O) groups excluding carboxylic acids is 2. The molecule has 2 aromatic rings. The number of urea groups is 1. The molecule has 3 rings (SSSR count). The fraction of sp³-hybridized carbons (Fsp3) is 0.440. The second-order valence-electron chi connectivity index (χ2n) is 8.11. The number of imide groups is 1. The van der Waals surface area contributed by atoms with Crippen molar-refractivity contribution in [2.45, 2.75) is 19.3 Å². The molecule has 0 atom stereocenters. The molecule has 3 amide bonds. The van der Waals surface area contributed by atoms with Crippen LogP contribution in [0, 0.1) is 0 Å². The highest BCUT2D eigenvalue weighted by Gasteiger charge is 2.28. The lowest BCUT2D eigenvalue weighted by molar-refractivity contribution is -0.127. The van der Waals surface area contributed by atoms with Gasteiger partial charge in [-0.05, 0) is 55.8 Å². The fourth-order valence-electron chi connectivity index (χ4n) is 3.93. The van der Waals surface area contributed by atoms with Crippen molar-refractivity contribution >= 4 is 30.0 Å². The number of hydrogen-bond acceptors (Lipinski definition) is 7. The van der Waals surface area contributed by atoms with Gasteiger partial charge in [-0.2, -0.15) is 0 Å². The number of rotatable bonds is 11. The van der Waals surface area contributed by atoms with Crippen molar-refractivity contribution in [1.29, 1.82) is 0 Å². The lowest BCUT2D eigenvalue weighted by Crippen LogP contribution is -2.40. The highest BCUT2D eigenvalue weighted by Crippen LogP contribution is 2.35. The van der Waals surface area contributed by atoms with Crippen LogP contribution in [-0.4, -0.2) is 76.9 Å². The number of halogens is 1. The van der Waals surface area contributed by atoms with Crippen LogP contribution in [0.3, 0.4) is 0 Å². The molecule has 1 N–H and O–H groups in total. The monoisotopic (exact) mass is 507 g/mol. The molecule has 192 valence electrons. The van der Waals surface area contributed by atoms with Crippen LogP contribution >= 0.6 is 12.4 Å². The van der Waals surface area contributed by atoms with Crippen LogP contribution in [0.5, 0.6) is 23.0 Å². The Bertz CT molecular complexity index is 988.